The molecule has 0 aliphatic heterocycles. The Morgan fingerprint density at radius 2 is 1.46 bits per heavy atom. The molecule has 0 heterocycles. The second-order valence-electron chi connectivity index (χ2n) is 4.33. The van der Waals surface area contributed by atoms with Gasteiger partial charge in [-0.2, -0.15) is 0 Å². The van der Waals surface area contributed by atoms with Gasteiger partial charge in [-0.15, -0.1) is 0 Å². The van der Waals surface area contributed by atoms with Crippen molar-refractivity contribution in [1.82, 2.24) is 0 Å². The third-order valence-electron chi connectivity index (χ3n) is 2.56. The zero-order chi connectivity index (χ0) is 10.5. The van der Waals surface area contributed by atoms with E-state index in [0.717, 1.165) is 25.7 Å². The minimum absolute atomic E-state index is 0.622. The first-order valence-corrected chi connectivity index (χ1v) is 4.98. The van der Waals surface area contributed by atoms with Crippen LogP contribution in [0.2, 0.25) is 0 Å². The van der Waals surface area contributed by atoms with Crippen molar-refractivity contribution in [3.05, 3.63) is 0 Å². The Hall–Kier alpha value is -0.120. The summed E-state index contributed by atoms with van der Waals surface area (Å²) in [5.74, 6) is -2.56. The average Bonchev–Trinajstić information content (AvgIpc) is 1.96. The molecule has 0 saturated carbocycles. The maximum Gasteiger partial charge on any atom is 0.280 e. The van der Waals surface area contributed by atoms with Crippen molar-refractivity contribution < 1.29 is 15.3 Å². The van der Waals surface area contributed by atoms with Crippen LogP contribution < -0.4 is 0 Å². The third-order valence-corrected chi connectivity index (χ3v) is 2.56. The monoisotopic (exact) mass is 190 g/mol. The molecule has 3 N–H and O–H groups in total. The molecule has 0 bridgehead atoms. The Labute approximate surface area is 80.4 Å². The number of hydrogen-bond donors (Lipinski definition) is 3. The van der Waals surface area contributed by atoms with Gasteiger partial charge in [0.2, 0.25) is 0 Å². The molecular formula is C10H22O3. The van der Waals surface area contributed by atoms with Gasteiger partial charge in [0, 0.05) is 5.41 Å². The van der Waals surface area contributed by atoms with Crippen molar-refractivity contribution in [3.63, 3.8) is 0 Å². The molecule has 0 amide bonds. The zero-order valence-corrected chi connectivity index (χ0v) is 8.88. The highest BCUT2D eigenvalue weighted by atomic mass is 16.7. The molecule has 0 saturated heterocycles. The van der Waals surface area contributed by atoms with Gasteiger partial charge in [0.15, 0.2) is 0 Å². The molecule has 13 heavy (non-hydrogen) atoms. The summed E-state index contributed by atoms with van der Waals surface area (Å²) in [5, 5.41) is 27.0. The Morgan fingerprint density at radius 1 is 0.923 bits per heavy atom. The van der Waals surface area contributed by atoms with Crippen LogP contribution in [-0.4, -0.2) is 21.3 Å². The summed E-state index contributed by atoms with van der Waals surface area (Å²) in [4.78, 5) is 0. The fourth-order valence-electron chi connectivity index (χ4n) is 1.16. The molecule has 0 aromatic carbocycles. The Bertz CT molecular complexity index is 136. The van der Waals surface area contributed by atoms with Crippen molar-refractivity contribution in [3.8, 4) is 0 Å². The van der Waals surface area contributed by atoms with Gasteiger partial charge < -0.3 is 15.3 Å². The van der Waals surface area contributed by atoms with E-state index in [1.54, 1.807) is 13.8 Å². The molecule has 0 rings (SSSR count). The molecule has 0 aliphatic rings. The van der Waals surface area contributed by atoms with Crippen LogP contribution in [-0.2, 0) is 0 Å². The lowest BCUT2D eigenvalue weighted by molar-refractivity contribution is -0.368. The van der Waals surface area contributed by atoms with Crippen molar-refractivity contribution >= 4 is 0 Å². The maximum atomic E-state index is 9.01. The molecule has 80 valence electrons. The van der Waals surface area contributed by atoms with E-state index in [-0.39, 0.29) is 0 Å². The predicted octanol–water partition coefficient (Wildman–Crippen LogP) is 1.61. The topological polar surface area (TPSA) is 60.7 Å². The lowest BCUT2D eigenvalue weighted by atomic mass is 9.84. The van der Waals surface area contributed by atoms with E-state index in [4.69, 9.17) is 15.3 Å². The largest absolute Gasteiger partial charge is 0.343 e. The van der Waals surface area contributed by atoms with Crippen LogP contribution in [0.4, 0.5) is 0 Å². The third kappa shape index (κ3) is 4.60. The fourth-order valence-corrected chi connectivity index (χ4v) is 1.16. The van der Waals surface area contributed by atoms with Gasteiger partial charge in [0.1, 0.15) is 0 Å². The van der Waals surface area contributed by atoms with Crippen molar-refractivity contribution in [1.29, 1.82) is 0 Å². The van der Waals surface area contributed by atoms with Gasteiger partial charge in [-0.3, -0.25) is 0 Å². The smallest absolute Gasteiger partial charge is 0.280 e. The highest BCUT2D eigenvalue weighted by Crippen LogP contribution is 2.32. The molecule has 0 atom stereocenters. The first-order valence-electron chi connectivity index (χ1n) is 4.98. The number of rotatable bonds is 6. The second-order valence-corrected chi connectivity index (χ2v) is 4.33. The molecule has 0 unspecified atom stereocenters. The summed E-state index contributed by atoms with van der Waals surface area (Å²) >= 11 is 0. The van der Waals surface area contributed by atoms with E-state index in [0.29, 0.717) is 6.42 Å². The van der Waals surface area contributed by atoms with E-state index < -0.39 is 11.4 Å². The van der Waals surface area contributed by atoms with Gasteiger partial charge in [0.25, 0.3) is 5.97 Å². The summed E-state index contributed by atoms with van der Waals surface area (Å²) in [7, 11) is 0. The lowest BCUT2D eigenvalue weighted by Gasteiger charge is -2.33. The highest BCUT2D eigenvalue weighted by molar-refractivity contribution is 4.75. The van der Waals surface area contributed by atoms with Crippen LogP contribution >= 0.6 is 0 Å². The van der Waals surface area contributed by atoms with Gasteiger partial charge >= 0.3 is 0 Å². The van der Waals surface area contributed by atoms with Crippen molar-refractivity contribution in [2.45, 2.75) is 58.8 Å². The van der Waals surface area contributed by atoms with Crippen LogP contribution in [0.3, 0.4) is 0 Å². The number of unbranched alkanes of at least 4 members (excludes halogenated alkanes) is 3. The lowest BCUT2D eigenvalue weighted by Crippen LogP contribution is -2.44. The van der Waals surface area contributed by atoms with Crippen molar-refractivity contribution in [2.24, 2.45) is 5.41 Å². The van der Waals surface area contributed by atoms with Crippen LogP contribution in [0.25, 0.3) is 0 Å². The van der Waals surface area contributed by atoms with E-state index in [9.17, 15) is 0 Å². The molecule has 0 radical (unpaired) electrons. The minimum atomic E-state index is -2.56. The summed E-state index contributed by atoms with van der Waals surface area (Å²) in [6.45, 7) is 5.43. The van der Waals surface area contributed by atoms with Gasteiger partial charge in [-0.25, -0.2) is 0 Å². The first-order chi connectivity index (χ1) is 5.81. The molecule has 0 aliphatic carbocycles. The Morgan fingerprint density at radius 3 is 1.85 bits per heavy atom. The average molecular weight is 190 g/mol. The van der Waals surface area contributed by atoms with E-state index in [1.807, 2.05) is 0 Å². The van der Waals surface area contributed by atoms with E-state index in [2.05, 4.69) is 6.92 Å². The number of aliphatic hydroxyl groups is 3. The summed E-state index contributed by atoms with van der Waals surface area (Å²) in [6, 6.07) is 0. The predicted molar refractivity (Wildman–Crippen MR) is 51.9 cm³/mol. The first kappa shape index (κ1) is 12.9. The molecule has 0 fully saturated rings. The van der Waals surface area contributed by atoms with E-state index >= 15 is 0 Å². The van der Waals surface area contributed by atoms with Crippen molar-refractivity contribution in [2.75, 3.05) is 0 Å². The second kappa shape index (κ2) is 4.94. The SMILES string of the molecule is CCCCCCC(C)(C)C(O)(O)O. The Balaban J connectivity index is 3.77. The van der Waals surface area contributed by atoms with Crippen LogP contribution in [0.1, 0.15) is 52.9 Å². The molecule has 0 spiro atoms. The number of hydrogen-bond acceptors (Lipinski definition) is 3. The standard InChI is InChI=1S/C10H22O3/c1-4-5-6-7-8-9(2,3)10(11,12)13/h11-13H,4-8H2,1-3H3. The summed E-state index contributed by atoms with van der Waals surface area (Å²) < 4.78 is 0. The molecule has 0 aromatic heterocycles. The molecule has 3 nitrogen and oxygen atoms in total. The summed E-state index contributed by atoms with van der Waals surface area (Å²) in [5.41, 5.74) is -0.846. The highest BCUT2D eigenvalue weighted by Gasteiger charge is 2.39. The summed E-state index contributed by atoms with van der Waals surface area (Å²) in [6.07, 6.45) is 4.94. The van der Waals surface area contributed by atoms with Gasteiger partial charge in [-0.05, 0) is 6.42 Å². The molecular weight excluding hydrogens is 168 g/mol. The molecule has 3 heteroatoms. The van der Waals surface area contributed by atoms with Crippen LogP contribution in [0, 0.1) is 5.41 Å². The normalized spacial score (nSPS) is 13.4. The quantitative estimate of drug-likeness (QED) is 0.440. The molecule has 0 aromatic rings. The fraction of sp³-hybridized carbons (Fsp3) is 1.00. The van der Waals surface area contributed by atoms with Crippen LogP contribution in [0.15, 0.2) is 0 Å². The maximum absolute atomic E-state index is 9.01. The minimum Gasteiger partial charge on any atom is -0.343 e. The van der Waals surface area contributed by atoms with E-state index in [1.165, 1.54) is 0 Å². The van der Waals surface area contributed by atoms with Crippen LogP contribution in [0.5, 0.6) is 0 Å². The Kier molecular flexibility index (Phi) is 4.89. The van der Waals surface area contributed by atoms with Gasteiger partial charge in [0.05, 0.1) is 0 Å². The van der Waals surface area contributed by atoms with Gasteiger partial charge in [-0.1, -0.05) is 46.5 Å². The zero-order valence-electron chi connectivity index (χ0n) is 8.88.